The number of rotatable bonds is 2. The van der Waals surface area contributed by atoms with Crippen molar-refractivity contribution in [2.24, 2.45) is 0 Å². The molecule has 1 aromatic rings. The molecule has 3 N–H and O–H groups in total. The molecular weight excluding hydrogens is 213 g/mol. The highest BCUT2D eigenvalue weighted by molar-refractivity contribution is 6.34. The van der Waals surface area contributed by atoms with Crippen LogP contribution >= 0.6 is 23.2 Å². The van der Waals surface area contributed by atoms with Gasteiger partial charge in [0.2, 0.25) is 5.95 Å². The Balaban J connectivity index is 3.20. The van der Waals surface area contributed by atoms with Gasteiger partial charge < -0.3 is 10.8 Å². The number of nitrogens with two attached hydrogens (primary N) is 1. The highest BCUT2D eigenvalue weighted by Gasteiger charge is 2.16. The fourth-order valence-corrected chi connectivity index (χ4v) is 1.56. The zero-order chi connectivity index (χ0) is 10.0. The first-order valence-corrected chi connectivity index (χ1v) is 4.48. The van der Waals surface area contributed by atoms with Gasteiger partial charge in [0.05, 0.1) is 11.7 Å². The van der Waals surface area contributed by atoms with Crippen LogP contribution in [0.2, 0.25) is 10.3 Å². The third kappa shape index (κ3) is 2.21. The molecule has 1 atom stereocenters. The molecule has 0 aromatic carbocycles. The van der Waals surface area contributed by atoms with E-state index >= 15 is 0 Å². The topological polar surface area (TPSA) is 72.0 Å². The van der Waals surface area contributed by atoms with Crippen molar-refractivity contribution in [1.29, 1.82) is 0 Å². The number of hydrogen-bond donors (Lipinski definition) is 2. The largest absolute Gasteiger partial charge is 0.388 e. The lowest BCUT2D eigenvalue weighted by Gasteiger charge is -2.10. The van der Waals surface area contributed by atoms with Gasteiger partial charge in [0, 0.05) is 0 Å². The van der Waals surface area contributed by atoms with Crippen molar-refractivity contribution in [3.05, 3.63) is 15.9 Å². The van der Waals surface area contributed by atoms with E-state index in [9.17, 15) is 5.11 Å². The number of aliphatic hydroxyl groups excluding tert-OH is 1. The second-order valence-electron chi connectivity index (χ2n) is 2.50. The van der Waals surface area contributed by atoms with Crippen LogP contribution in [0.5, 0.6) is 0 Å². The first kappa shape index (κ1) is 10.5. The summed E-state index contributed by atoms with van der Waals surface area (Å²) in [6.45, 7) is 1.80. The zero-order valence-corrected chi connectivity index (χ0v) is 8.47. The standard InChI is InChI=1S/C7H9Cl2N3O/c1-2-3(13)4-5(8)11-7(10)12-6(4)9/h3,13H,2H2,1H3,(H2,10,11,12). The summed E-state index contributed by atoms with van der Waals surface area (Å²) in [5.41, 5.74) is 5.63. The van der Waals surface area contributed by atoms with E-state index in [1.165, 1.54) is 0 Å². The summed E-state index contributed by atoms with van der Waals surface area (Å²) in [6.07, 6.45) is -0.257. The molecule has 0 spiro atoms. The maximum Gasteiger partial charge on any atom is 0.222 e. The predicted molar refractivity (Wildman–Crippen MR) is 51.7 cm³/mol. The van der Waals surface area contributed by atoms with E-state index in [1.54, 1.807) is 6.92 Å². The van der Waals surface area contributed by atoms with E-state index < -0.39 is 6.10 Å². The summed E-state index contributed by atoms with van der Waals surface area (Å²) >= 11 is 11.5. The van der Waals surface area contributed by atoms with Crippen molar-refractivity contribution in [2.45, 2.75) is 19.4 Å². The Morgan fingerprint density at radius 3 is 2.23 bits per heavy atom. The second kappa shape index (κ2) is 4.09. The van der Waals surface area contributed by atoms with Gasteiger partial charge in [-0.05, 0) is 6.42 Å². The van der Waals surface area contributed by atoms with Crippen molar-refractivity contribution >= 4 is 29.2 Å². The van der Waals surface area contributed by atoms with Crippen molar-refractivity contribution < 1.29 is 5.11 Å². The van der Waals surface area contributed by atoms with Crippen molar-refractivity contribution in [1.82, 2.24) is 9.97 Å². The summed E-state index contributed by atoms with van der Waals surface area (Å²) in [6, 6.07) is 0. The molecule has 0 fully saturated rings. The molecule has 1 rings (SSSR count). The van der Waals surface area contributed by atoms with E-state index in [4.69, 9.17) is 28.9 Å². The molecule has 0 aliphatic rings. The number of aromatic nitrogens is 2. The Hall–Kier alpha value is -0.580. The molecule has 6 heteroatoms. The Bertz CT molecular complexity index is 296. The fourth-order valence-electron chi connectivity index (χ4n) is 0.911. The van der Waals surface area contributed by atoms with Gasteiger partial charge in [-0.2, -0.15) is 0 Å². The number of nitrogens with zero attached hydrogens (tertiary/aromatic N) is 2. The molecule has 0 saturated heterocycles. The third-order valence-electron chi connectivity index (χ3n) is 1.59. The Kier molecular flexibility index (Phi) is 3.30. The molecular formula is C7H9Cl2N3O. The first-order valence-electron chi connectivity index (χ1n) is 3.72. The molecule has 1 unspecified atom stereocenters. The average Bonchev–Trinajstić information content (AvgIpc) is 2.02. The lowest BCUT2D eigenvalue weighted by Crippen LogP contribution is -2.04. The van der Waals surface area contributed by atoms with Gasteiger partial charge in [-0.25, -0.2) is 9.97 Å². The van der Waals surface area contributed by atoms with E-state index in [2.05, 4.69) is 9.97 Å². The number of hydrogen-bond acceptors (Lipinski definition) is 4. The van der Waals surface area contributed by atoms with Crippen LogP contribution in [0.4, 0.5) is 5.95 Å². The quantitative estimate of drug-likeness (QED) is 0.748. The molecule has 0 aliphatic heterocycles. The fraction of sp³-hybridized carbons (Fsp3) is 0.429. The molecule has 72 valence electrons. The van der Waals surface area contributed by atoms with Gasteiger partial charge in [0.15, 0.2) is 0 Å². The maximum atomic E-state index is 9.49. The van der Waals surface area contributed by atoms with Crippen LogP contribution in [-0.4, -0.2) is 15.1 Å². The van der Waals surface area contributed by atoms with Gasteiger partial charge in [-0.1, -0.05) is 30.1 Å². The van der Waals surface area contributed by atoms with Crippen molar-refractivity contribution in [3.63, 3.8) is 0 Å². The van der Waals surface area contributed by atoms with Crippen LogP contribution in [0.1, 0.15) is 25.0 Å². The van der Waals surface area contributed by atoms with Crippen LogP contribution in [0.15, 0.2) is 0 Å². The highest BCUT2D eigenvalue weighted by Crippen LogP contribution is 2.29. The molecule has 0 saturated carbocycles. The van der Waals surface area contributed by atoms with Crippen LogP contribution in [0, 0.1) is 0 Å². The van der Waals surface area contributed by atoms with Crippen LogP contribution < -0.4 is 5.73 Å². The summed E-state index contributed by atoms with van der Waals surface area (Å²) in [5.74, 6) is 0.00190. The van der Waals surface area contributed by atoms with E-state index in [1.807, 2.05) is 0 Å². The molecule has 4 nitrogen and oxygen atoms in total. The van der Waals surface area contributed by atoms with Gasteiger partial charge in [0.1, 0.15) is 10.3 Å². The molecule has 0 aliphatic carbocycles. The molecule has 13 heavy (non-hydrogen) atoms. The second-order valence-corrected chi connectivity index (χ2v) is 3.22. The minimum Gasteiger partial charge on any atom is -0.388 e. The Morgan fingerprint density at radius 1 is 1.38 bits per heavy atom. The predicted octanol–water partition coefficient (Wildman–Crippen LogP) is 1.81. The third-order valence-corrected chi connectivity index (χ3v) is 2.17. The first-order chi connectivity index (χ1) is 6.06. The van der Waals surface area contributed by atoms with Crippen molar-refractivity contribution in [2.75, 3.05) is 5.73 Å². The van der Waals surface area contributed by atoms with E-state index in [-0.39, 0.29) is 16.3 Å². The highest BCUT2D eigenvalue weighted by atomic mass is 35.5. The molecule has 1 aromatic heterocycles. The number of nitrogen functional groups attached to an aromatic ring is 1. The van der Waals surface area contributed by atoms with E-state index in [0.717, 1.165) is 0 Å². The van der Waals surface area contributed by atoms with Crippen LogP contribution in [0.3, 0.4) is 0 Å². The normalized spacial score (nSPS) is 12.9. The number of aliphatic hydroxyl groups is 1. The summed E-state index contributed by atoms with van der Waals surface area (Å²) < 4.78 is 0. The smallest absolute Gasteiger partial charge is 0.222 e. The molecule has 0 radical (unpaired) electrons. The van der Waals surface area contributed by atoms with E-state index in [0.29, 0.717) is 12.0 Å². The number of halogens is 2. The minimum atomic E-state index is -0.749. The summed E-state index contributed by atoms with van der Waals surface area (Å²) in [5, 5.41) is 9.70. The SMILES string of the molecule is CCC(O)c1c(Cl)nc(N)nc1Cl. The molecule has 1 heterocycles. The molecule has 0 bridgehead atoms. The summed E-state index contributed by atoms with van der Waals surface area (Å²) in [4.78, 5) is 7.38. The Labute approximate surface area is 85.7 Å². The summed E-state index contributed by atoms with van der Waals surface area (Å²) in [7, 11) is 0. The molecule has 0 amide bonds. The van der Waals surface area contributed by atoms with Gasteiger partial charge in [0.25, 0.3) is 0 Å². The van der Waals surface area contributed by atoms with Crippen LogP contribution in [-0.2, 0) is 0 Å². The Morgan fingerprint density at radius 2 is 1.85 bits per heavy atom. The number of anilines is 1. The van der Waals surface area contributed by atoms with Gasteiger partial charge in [-0.15, -0.1) is 0 Å². The minimum absolute atomic E-state index is 0.00190. The zero-order valence-electron chi connectivity index (χ0n) is 6.96. The van der Waals surface area contributed by atoms with Gasteiger partial charge in [-0.3, -0.25) is 0 Å². The average molecular weight is 222 g/mol. The maximum absolute atomic E-state index is 9.49. The van der Waals surface area contributed by atoms with Crippen molar-refractivity contribution in [3.8, 4) is 0 Å². The monoisotopic (exact) mass is 221 g/mol. The lowest BCUT2D eigenvalue weighted by atomic mass is 10.1. The lowest BCUT2D eigenvalue weighted by molar-refractivity contribution is 0.173. The van der Waals surface area contributed by atoms with Crippen LogP contribution in [0.25, 0.3) is 0 Å². The van der Waals surface area contributed by atoms with Gasteiger partial charge >= 0.3 is 0 Å².